The minimum atomic E-state index is -0.281. The van der Waals surface area contributed by atoms with Gasteiger partial charge in [0.1, 0.15) is 0 Å². The molecule has 0 spiro atoms. The van der Waals surface area contributed by atoms with Crippen LogP contribution in [0.5, 0.6) is 0 Å². The molecule has 0 aliphatic carbocycles. The van der Waals surface area contributed by atoms with Gasteiger partial charge in [-0.25, -0.2) is 0 Å². The maximum Gasteiger partial charge on any atom is 0.0500 e. The molecule has 3 N–H and O–H groups in total. The number of hydrogen-bond donors (Lipinski definition) is 2. The molecule has 0 saturated carbocycles. The van der Waals surface area contributed by atoms with Crippen LogP contribution in [0.2, 0.25) is 0 Å². The highest BCUT2D eigenvalue weighted by Crippen LogP contribution is 2.33. The Balaban J connectivity index is 3.16. The van der Waals surface area contributed by atoms with Gasteiger partial charge in [0.2, 0.25) is 0 Å². The van der Waals surface area contributed by atoms with Crippen LogP contribution >= 0.6 is 0 Å². The molecule has 0 saturated heterocycles. The lowest BCUT2D eigenvalue weighted by molar-refractivity contribution is 0.132. The van der Waals surface area contributed by atoms with Gasteiger partial charge in [-0.1, -0.05) is 32.0 Å². The smallest absolute Gasteiger partial charge is 0.0500 e. The van der Waals surface area contributed by atoms with Gasteiger partial charge in [-0.15, -0.1) is 0 Å². The van der Waals surface area contributed by atoms with Crippen LogP contribution in [0.4, 0.5) is 0 Å². The van der Waals surface area contributed by atoms with E-state index in [9.17, 15) is 5.11 Å². The molecule has 0 unspecified atom stereocenters. The van der Waals surface area contributed by atoms with E-state index in [0.717, 1.165) is 5.56 Å². The molecule has 0 amide bonds. The van der Waals surface area contributed by atoms with Crippen LogP contribution < -0.4 is 5.73 Å². The third-order valence-corrected chi connectivity index (χ3v) is 3.10. The molecule has 0 radical (unpaired) electrons. The first kappa shape index (κ1) is 12.2. The Kier molecular flexibility index (Phi) is 3.53. The normalized spacial score (nSPS) is 14.0. The highest BCUT2D eigenvalue weighted by atomic mass is 16.3. The van der Waals surface area contributed by atoms with Crippen molar-refractivity contribution in [2.45, 2.75) is 33.7 Å². The Bertz CT molecular complexity index is 324. The van der Waals surface area contributed by atoms with Gasteiger partial charge >= 0.3 is 0 Å². The van der Waals surface area contributed by atoms with Crippen LogP contribution in [0.15, 0.2) is 18.2 Å². The number of rotatable bonds is 3. The maximum atomic E-state index is 9.33. The van der Waals surface area contributed by atoms with Crippen molar-refractivity contribution in [2.24, 2.45) is 11.1 Å². The molecule has 1 rings (SSSR count). The third-order valence-electron chi connectivity index (χ3n) is 3.10. The number of benzene rings is 1. The van der Waals surface area contributed by atoms with E-state index in [4.69, 9.17) is 5.73 Å². The topological polar surface area (TPSA) is 46.2 Å². The summed E-state index contributed by atoms with van der Waals surface area (Å²) in [5.74, 6) is 0. The van der Waals surface area contributed by atoms with Crippen molar-refractivity contribution in [1.29, 1.82) is 0 Å². The van der Waals surface area contributed by atoms with Gasteiger partial charge < -0.3 is 10.8 Å². The molecule has 0 aliphatic rings. The van der Waals surface area contributed by atoms with Crippen LogP contribution in [0.1, 0.15) is 36.6 Å². The van der Waals surface area contributed by atoms with E-state index in [-0.39, 0.29) is 18.1 Å². The van der Waals surface area contributed by atoms with Crippen LogP contribution in [-0.4, -0.2) is 11.7 Å². The fourth-order valence-corrected chi connectivity index (χ4v) is 1.81. The Labute approximate surface area is 92.1 Å². The van der Waals surface area contributed by atoms with Gasteiger partial charge in [0, 0.05) is 18.1 Å². The summed E-state index contributed by atoms with van der Waals surface area (Å²) in [7, 11) is 0. The zero-order valence-corrected chi connectivity index (χ0v) is 10.0. The van der Waals surface area contributed by atoms with Gasteiger partial charge in [0.15, 0.2) is 0 Å². The molecule has 2 nitrogen and oxygen atoms in total. The summed E-state index contributed by atoms with van der Waals surface area (Å²) in [6.07, 6.45) is 0. The molecule has 2 heteroatoms. The number of aliphatic hydroxyl groups excluding tert-OH is 1. The number of hydrogen-bond acceptors (Lipinski definition) is 2. The van der Waals surface area contributed by atoms with Crippen LogP contribution in [0.3, 0.4) is 0 Å². The van der Waals surface area contributed by atoms with Crippen LogP contribution in [0.25, 0.3) is 0 Å². The summed E-state index contributed by atoms with van der Waals surface area (Å²) in [5, 5.41) is 9.33. The van der Waals surface area contributed by atoms with E-state index >= 15 is 0 Å². The quantitative estimate of drug-likeness (QED) is 0.799. The van der Waals surface area contributed by atoms with Crippen molar-refractivity contribution in [2.75, 3.05) is 6.61 Å². The number of nitrogens with two attached hydrogens (primary N) is 1. The summed E-state index contributed by atoms with van der Waals surface area (Å²) in [4.78, 5) is 0. The summed E-state index contributed by atoms with van der Waals surface area (Å²) in [6, 6.07) is 6.04. The van der Waals surface area contributed by atoms with Crippen LogP contribution in [-0.2, 0) is 0 Å². The Morgan fingerprint density at radius 1 is 1.27 bits per heavy atom. The minimum absolute atomic E-state index is 0.0991. The number of aryl methyl sites for hydroxylation is 2. The molecule has 0 heterocycles. The van der Waals surface area contributed by atoms with Gasteiger partial charge in [-0.3, -0.25) is 0 Å². The number of aliphatic hydroxyl groups is 1. The zero-order chi connectivity index (χ0) is 11.6. The van der Waals surface area contributed by atoms with Crippen molar-refractivity contribution < 1.29 is 5.11 Å². The van der Waals surface area contributed by atoms with Crippen LogP contribution in [0, 0.1) is 19.3 Å². The maximum absolute atomic E-state index is 9.33. The van der Waals surface area contributed by atoms with Crippen molar-refractivity contribution >= 4 is 0 Å². The second-order valence-electron chi connectivity index (χ2n) is 4.93. The summed E-state index contributed by atoms with van der Waals surface area (Å²) >= 11 is 0. The van der Waals surface area contributed by atoms with E-state index < -0.39 is 0 Å². The molecule has 0 bridgehead atoms. The summed E-state index contributed by atoms with van der Waals surface area (Å²) < 4.78 is 0. The first-order valence-electron chi connectivity index (χ1n) is 5.32. The van der Waals surface area contributed by atoms with E-state index in [1.54, 1.807) is 0 Å². The lowest BCUT2D eigenvalue weighted by Crippen LogP contribution is -2.33. The van der Waals surface area contributed by atoms with Crippen molar-refractivity contribution in [3.8, 4) is 0 Å². The molecule has 1 atom stereocenters. The lowest BCUT2D eigenvalue weighted by atomic mass is 9.79. The standard InChI is InChI=1S/C13H21NO/c1-9-6-5-7-10(2)11(9)12(14)13(3,4)8-15/h5-7,12,15H,8,14H2,1-4H3/t12-/m0/s1. The van der Waals surface area contributed by atoms with E-state index in [2.05, 4.69) is 26.0 Å². The molecule has 15 heavy (non-hydrogen) atoms. The molecule has 1 aromatic carbocycles. The lowest BCUT2D eigenvalue weighted by Gasteiger charge is -2.31. The first-order valence-corrected chi connectivity index (χ1v) is 5.32. The first-order chi connectivity index (χ1) is 6.90. The fraction of sp³-hybridized carbons (Fsp3) is 0.538. The highest BCUT2D eigenvalue weighted by Gasteiger charge is 2.28. The molecule has 0 fully saturated rings. The van der Waals surface area contributed by atoms with E-state index in [0.29, 0.717) is 0 Å². The monoisotopic (exact) mass is 207 g/mol. The predicted molar refractivity (Wildman–Crippen MR) is 63.7 cm³/mol. The second-order valence-corrected chi connectivity index (χ2v) is 4.93. The molecular weight excluding hydrogens is 186 g/mol. The van der Waals surface area contributed by atoms with Gasteiger partial charge in [0.25, 0.3) is 0 Å². The molecule has 0 aliphatic heterocycles. The Hall–Kier alpha value is -0.860. The molecular formula is C13H21NO. The Morgan fingerprint density at radius 3 is 2.13 bits per heavy atom. The average Bonchev–Trinajstić information content (AvgIpc) is 2.17. The van der Waals surface area contributed by atoms with Gasteiger partial charge in [0.05, 0.1) is 0 Å². The SMILES string of the molecule is Cc1cccc(C)c1[C@H](N)C(C)(C)CO. The summed E-state index contributed by atoms with van der Waals surface area (Å²) in [5.41, 5.74) is 9.50. The zero-order valence-electron chi connectivity index (χ0n) is 10.0. The van der Waals surface area contributed by atoms with E-state index in [1.807, 2.05) is 19.9 Å². The largest absolute Gasteiger partial charge is 0.396 e. The van der Waals surface area contributed by atoms with Gasteiger partial charge in [-0.05, 0) is 30.5 Å². The second kappa shape index (κ2) is 4.33. The average molecular weight is 207 g/mol. The summed E-state index contributed by atoms with van der Waals surface area (Å²) in [6.45, 7) is 8.21. The van der Waals surface area contributed by atoms with Crippen molar-refractivity contribution in [1.82, 2.24) is 0 Å². The Morgan fingerprint density at radius 2 is 1.73 bits per heavy atom. The fourth-order valence-electron chi connectivity index (χ4n) is 1.81. The minimum Gasteiger partial charge on any atom is -0.396 e. The highest BCUT2D eigenvalue weighted by molar-refractivity contribution is 5.36. The molecule has 84 valence electrons. The van der Waals surface area contributed by atoms with E-state index in [1.165, 1.54) is 11.1 Å². The molecule has 1 aromatic rings. The van der Waals surface area contributed by atoms with Crippen molar-refractivity contribution in [3.05, 3.63) is 34.9 Å². The van der Waals surface area contributed by atoms with Crippen molar-refractivity contribution in [3.63, 3.8) is 0 Å². The van der Waals surface area contributed by atoms with Gasteiger partial charge in [-0.2, -0.15) is 0 Å². The third kappa shape index (κ3) is 2.39. The predicted octanol–water partition coefficient (Wildman–Crippen LogP) is 2.32. The molecule has 0 aromatic heterocycles.